The Bertz CT molecular complexity index is 326. The molecular formula is C22H41ClO2. The Kier molecular flexibility index (Phi) is 19.4. The molecule has 0 spiro atoms. The van der Waals surface area contributed by atoms with Crippen molar-refractivity contribution in [2.45, 2.75) is 122 Å². The van der Waals surface area contributed by atoms with Crippen LogP contribution in [0.3, 0.4) is 0 Å². The maximum absolute atomic E-state index is 10.4. The van der Waals surface area contributed by atoms with Gasteiger partial charge in [0.1, 0.15) is 0 Å². The van der Waals surface area contributed by atoms with E-state index in [0.29, 0.717) is 6.42 Å². The smallest absolute Gasteiger partial charge is 0.303 e. The van der Waals surface area contributed by atoms with E-state index in [9.17, 15) is 4.79 Å². The van der Waals surface area contributed by atoms with Crippen molar-refractivity contribution in [1.29, 1.82) is 0 Å². The number of aliphatic carboxylic acids is 1. The summed E-state index contributed by atoms with van der Waals surface area (Å²) in [6.45, 7) is 2.25. The van der Waals surface area contributed by atoms with Crippen LogP contribution >= 0.6 is 11.6 Å². The molecule has 1 N–H and O–H groups in total. The Morgan fingerprint density at radius 3 is 1.68 bits per heavy atom. The van der Waals surface area contributed by atoms with Crippen molar-refractivity contribution in [3.8, 4) is 0 Å². The summed E-state index contributed by atoms with van der Waals surface area (Å²) < 4.78 is 0. The Labute approximate surface area is 161 Å². The number of unbranched alkanes of at least 4 members (excludes halogenated alkanes) is 14. The number of carbonyl (C=O) groups is 1. The summed E-state index contributed by atoms with van der Waals surface area (Å²) in [5, 5.41) is 9.63. The second-order valence-corrected chi connectivity index (χ2v) is 7.77. The first-order chi connectivity index (χ1) is 12.2. The maximum atomic E-state index is 10.4. The first-order valence-corrected chi connectivity index (χ1v) is 11.1. The zero-order valence-electron chi connectivity index (χ0n) is 16.5. The van der Waals surface area contributed by atoms with Crippen molar-refractivity contribution >= 4 is 17.6 Å². The quantitative estimate of drug-likeness (QED) is 0.232. The third-order valence-corrected chi connectivity index (χ3v) is 5.07. The molecule has 0 aliphatic rings. The van der Waals surface area contributed by atoms with E-state index in [2.05, 4.69) is 13.0 Å². The molecule has 0 unspecified atom stereocenters. The minimum absolute atomic E-state index is 0.328. The van der Waals surface area contributed by atoms with Gasteiger partial charge in [0.2, 0.25) is 0 Å². The van der Waals surface area contributed by atoms with Crippen molar-refractivity contribution in [2.24, 2.45) is 0 Å². The van der Waals surface area contributed by atoms with E-state index in [1.165, 1.54) is 83.5 Å². The zero-order chi connectivity index (χ0) is 18.6. The van der Waals surface area contributed by atoms with Crippen molar-refractivity contribution < 1.29 is 9.90 Å². The molecule has 0 radical (unpaired) electrons. The monoisotopic (exact) mass is 372 g/mol. The molecule has 2 nitrogen and oxygen atoms in total. The van der Waals surface area contributed by atoms with E-state index in [1.54, 1.807) is 0 Å². The SMILES string of the molecule is CCCCCCCC/C(Cl)=C\CCCCCCCCCCCC(=O)O. The average molecular weight is 373 g/mol. The van der Waals surface area contributed by atoms with E-state index >= 15 is 0 Å². The molecule has 0 saturated heterocycles. The van der Waals surface area contributed by atoms with Gasteiger partial charge in [-0.2, -0.15) is 0 Å². The predicted octanol–water partition coefficient (Wildman–Crippen LogP) is 8.24. The highest BCUT2D eigenvalue weighted by Gasteiger charge is 1.97. The lowest BCUT2D eigenvalue weighted by molar-refractivity contribution is -0.137. The fourth-order valence-electron chi connectivity index (χ4n) is 3.09. The van der Waals surface area contributed by atoms with Gasteiger partial charge in [-0.1, -0.05) is 102 Å². The first kappa shape index (κ1) is 24.5. The van der Waals surface area contributed by atoms with Crippen molar-refractivity contribution in [3.05, 3.63) is 11.1 Å². The molecule has 0 bridgehead atoms. The van der Waals surface area contributed by atoms with Crippen LogP contribution in [-0.4, -0.2) is 11.1 Å². The van der Waals surface area contributed by atoms with Gasteiger partial charge in [-0.15, -0.1) is 0 Å². The minimum Gasteiger partial charge on any atom is -0.481 e. The van der Waals surface area contributed by atoms with Crippen LogP contribution in [0.25, 0.3) is 0 Å². The summed E-state index contributed by atoms with van der Waals surface area (Å²) >= 11 is 6.29. The first-order valence-electron chi connectivity index (χ1n) is 10.7. The maximum Gasteiger partial charge on any atom is 0.303 e. The van der Waals surface area contributed by atoms with Crippen LogP contribution < -0.4 is 0 Å². The Morgan fingerprint density at radius 1 is 0.720 bits per heavy atom. The van der Waals surface area contributed by atoms with E-state index in [0.717, 1.165) is 30.7 Å². The van der Waals surface area contributed by atoms with Gasteiger partial charge < -0.3 is 5.11 Å². The van der Waals surface area contributed by atoms with E-state index in [4.69, 9.17) is 16.7 Å². The molecule has 0 amide bonds. The van der Waals surface area contributed by atoms with E-state index in [1.807, 2.05) is 0 Å². The van der Waals surface area contributed by atoms with Crippen molar-refractivity contribution in [2.75, 3.05) is 0 Å². The molecule has 0 heterocycles. The number of halogens is 1. The summed E-state index contributed by atoms with van der Waals surface area (Å²) in [5.74, 6) is -0.666. The summed E-state index contributed by atoms with van der Waals surface area (Å²) in [7, 11) is 0. The standard InChI is InChI=1S/C22H41ClO2/c1-2-3-4-5-12-15-18-21(23)19-16-13-10-8-6-7-9-11-14-17-20-22(24)25/h19H,2-18,20H2,1H3,(H,24,25)/b21-19+. The molecule has 0 rings (SSSR count). The summed E-state index contributed by atoms with van der Waals surface area (Å²) in [6, 6.07) is 0. The van der Waals surface area contributed by atoms with Gasteiger partial charge in [0.15, 0.2) is 0 Å². The summed E-state index contributed by atoms with van der Waals surface area (Å²) in [5.41, 5.74) is 0. The topological polar surface area (TPSA) is 37.3 Å². The molecule has 0 aromatic rings. The Morgan fingerprint density at radius 2 is 1.16 bits per heavy atom. The van der Waals surface area contributed by atoms with Crippen LogP contribution in [0.1, 0.15) is 122 Å². The third kappa shape index (κ3) is 21.5. The van der Waals surface area contributed by atoms with Crippen LogP contribution in [0.2, 0.25) is 0 Å². The number of rotatable bonds is 19. The summed E-state index contributed by atoms with van der Waals surface area (Å²) in [4.78, 5) is 10.4. The molecule has 0 saturated carbocycles. The van der Waals surface area contributed by atoms with Gasteiger partial charge in [0.05, 0.1) is 0 Å². The van der Waals surface area contributed by atoms with Gasteiger partial charge in [-0.25, -0.2) is 0 Å². The van der Waals surface area contributed by atoms with Crippen LogP contribution in [0.4, 0.5) is 0 Å². The number of hydrogen-bond donors (Lipinski definition) is 1. The molecule has 25 heavy (non-hydrogen) atoms. The summed E-state index contributed by atoms with van der Waals surface area (Å²) in [6.07, 6.45) is 23.6. The highest BCUT2D eigenvalue weighted by molar-refractivity contribution is 6.29. The average Bonchev–Trinajstić information content (AvgIpc) is 2.58. The lowest BCUT2D eigenvalue weighted by Gasteiger charge is -2.02. The van der Waals surface area contributed by atoms with E-state index in [-0.39, 0.29) is 0 Å². The van der Waals surface area contributed by atoms with Crippen LogP contribution in [0.5, 0.6) is 0 Å². The molecular weight excluding hydrogens is 332 g/mol. The zero-order valence-corrected chi connectivity index (χ0v) is 17.3. The molecule has 0 aliphatic heterocycles. The van der Waals surface area contributed by atoms with Crippen LogP contribution in [0.15, 0.2) is 11.1 Å². The lowest BCUT2D eigenvalue weighted by Crippen LogP contribution is -1.93. The second kappa shape index (κ2) is 19.8. The second-order valence-electron chi connectivity index (χ2n) is 7.28. The molecule has 0 fully saturated rings. The lowest BCUT2D eigenvalue weighted by atomic mass is 10.1. The molecule has 3 heteroatoms. The molecule has 0 atom stereocenters. The van der Waals surface area contributed by atoms with Crippen LogP contribution in [0, 0.1) is 0 Å². The number of hydrogen-bond acceptors (Lipinski definition) is 1. The number of allylic oxidation sites excluding steroid dienone is 2. The molecule has 0 aromatic carbocycles. The number of carboxylic acid groups (broad SMARTS) is 1. The highest BCUT2D eigenvalue weighted by atomic mass is 35.5. The fourth-order valence-corrected chi connectivity index (χ4v) is 3.34. The van der Waals surface area contributed by atoms with Gasteiger partial charge in [-0.3, -0.25) is 4.79 Å². The van der Waals surface area contributed by atoms with Gasteiger partial charge in [0.25, 0.3) is 0 Å². The largest absolute Gasteiger partial charge is 0.481 e. The fraction of sp³-hybridized carbons (Fsp3) is 0.864. The van der Waals surface area contributed by atoms with Gasteiger partial charge in [0, 0.05) is 11.5 Å². The Hall–Kier alpha value is -0.500. The number of carboxylic acids is 1. The molecule has 0 aliphatic carbocycles. The molecule has 0 aromatic heterocycles. The third-order valence-electron chi connectivity index (χ3n) is 4.73. The van der Waals surface area contributed by atoms with Crippen molar-refractivity contribution in [3.63, 3.8) is 0 Å². The van der Waals surface area contributed by atoms with E-state index < -0.39 is 5.97 Å². The highest BCUT2D eigenvalue weighted by Crippen LogP contribution is 2.17. The predicted molar refractivity (Wildman–Crippen MR) is 110 cm³/mol. The van der Waals surface area contributed by atoms with Crippen molar-refractivity contribution in [1.82, 2.24) is 0 Å². The van der Waals surface area contributed by atoms with Gasteiger partial charge in [-0.05, 0) is 32.1 Å². The minimum atomic E-state index is -0.666. The van der Waals surface area contributed by atoms with Crippen LogP contribution in [-0.2, 0) is 4.79 Å². The van der Waals surface area contributed by atoms with Gasteiger partial charge >= 0.3 is 5.97 Å². The Balaban J connectivity index is 3.24. The molecule has 148 valence electrons. The normalized spacial score (nSPS) is 11.8.